The Morgan fingerprint density at radius 1 is 1.42 bits per heavy atom. The summed E-state index contributed by atoms with van der Waals surface area (Å²) in [5.41, 5.74) is 7.66. The van der Waals surface area contributed by atoms with Crippen LogP contribution in [0.1, 0.15) is 24.4 Å². The molecule has 0 fully saturated rings. The second-order valence-corrected chi connectivity index (χ2v) is 6.70. The summed E-state index contributed by atoms with van der Waals surface area (Å²) in [6.07, 6.45) is 1.16. The van der Waals surface area contributed by atoms with Crippen molar-refractivity contribution in [3.8, 4) is 0 Å². The maximum atomic E-state index is 12.4. The molecule has 0 bridgehead atoms. The zero-order chi connectivity index (χ0) is 13.9. The Morgan fingerprint density at radius 2 is 2.16 bits per heavy atom. The third kappa shape index (κ3) is 3.08. The van der Waals surface area contributed by atoms with Crippen molar-refractivity contribution < 1.29 is 13.2 Å². The molecule has 2 N–H and O–H groups in total. The Bertz CT molecular complexity index is 530. The molecule has 0 spiro atoms. The number of sulfonamides is 1. The van der Waals surface area contributed by atoms with Crippen LogP contribution in [0.2, 0.25) is 0 Å². The van der Waals surface area contributed by atoms with Gasteiger partial charge in [0.25, 0.3) is 0 Å². The molecule has 106 valence electrons. The lowest BCUT2D eigenvalue weighted by molar-refractivity contribution is 0.199. The summed E-state index contributed by atoms with van der Waals surface area (Å²) in [5.74, 6) is 0.102. The van der Waals surface area contributed by atoms with Crippen molar-refractivity contribution in [2.45, 2.75) is 18.9 Å². The molecule has 1 heterocycles. The molecule has 1 unspecified atom stereocenters. The number of nitrogens with zero attached hydrogens (tertiary/aromatic N) is 1. The van der Waals surface area contributed by atoms with Crippen LogP contribution in [0.3, 0.4) is 0 Å². The van der Waals surface area contributed by atoms with Crippen LogP contribution in [0.4, 0.5) is 5.69 Å². The van der Waals surface area contributed by atoms with Crippen LogP contribution in [-0.4, -0.2) is 34.4 Å². The highest BCUT2D eigenvalue weighted by molar-refractivity contribution is 7.92. The minimum atomic E-state index is -3.29. The minimum Gasteiger partial charge on any atom is -0.385 e. The van der Waals surface area contributed by atoms with Gasteiger partial charge in [0.05, 0.1) is 11.4 Å². The molecule has 1 aliphatic rings. The van der Waals surface area contributed by atoms with E-state index in [-0.39, 0.29) is 11.8 Å². The number of anilines is 1. The van der Waals surface area contributed by atoms with E-state index in [1.165, 1.54) is 4.31 Å². The average Bonchev–Trinajstić information content (AvgIpc) is 2.39. The molecule has 0 aromatic heterocycles. The SMILES string of the molecule is COCCCS(=O)(=O)N1CCC(N)c2ccccc21. The fraction of sp³-hybridized carbons (Fsp3) is 0.538. The van der Waals surface area contributed by atoms with Crippen LogP contribution in [0.5, 0.6) is 0 Å². The van der Waals surface area contributed by atoms with Gasteiger partial charge in [-0.1, -0.05) is 18.2 Å². The van der Waals surface area contributed by atoms with E-state index in [1.54, 1.807) is 7.11 Å². The number of methoxy groups -OCH3 is 1. The fourth-order valence-electron chi connectivity index (χ4n) is 2.35. The smallest absolute Gasteiger partial charge is 0.235 e. The molecule has 5 nitrogen and oxygen atoms in total. The average molecular weight is 284 g/mol. The third-order valence-corrected chi connectivity index (χ3v) is 5.19. The molecule has 0 amide bonds. The lowest BCUT2D eigenvalue weighted by Crippen LogP contribution is -2.39. The predicted octanol–water partition coefficient (Wildman–Crippen LogP) is 1.26. The number of fused-ring (bicyclic) bond motifs is 1. The van der Waals surface area contributed by atoms with Crippen molar-refractivity contribution in [3.05, 3.63) is 29.8 Å². The molecular formula is C13H20N2O3S. The number of hydrogen-bond donors (Lipinski definition) is 1. The van der Waals surface area contributed by atoms with E-state index in [0.29, 0.717) is 26.0 Å². The Kier molecular flexibility index (Phi) is 4.44. The first-order valence-corrected chi connectivity index (χ1v) is 8.01. The Morgan fingerprint density at radius 3 is 2.89 bits per heavy atom. The van der Waals surface area contributed by atoms with E-state index < -0.39 is 10.0 Å². The van der Waals surface area contributed by atoms with E-state index in [1.807, 2.05) is 24.3 Å². The molecule has 2 rings (SSSR count). The number of hydrogen-bond acceptors (Lipinski definition) is 4. The zero-order valence-electron chi connectivity index (χ0n) is 11.1. The standard InChI is InChI=1S/C13H20N2O3S/c1-18-9-4-10-19(16,17)15-8-7-12(14)11-5-2-3-6-13(11)15/h2-3,5-6,12H,4,7-10,14H2,1H3. The van der Waals surface area contributed by atoms with Crippen molar-refractivity contribution in [2.75, 3.05) is 30.3 Å². The number of nitrogens with two attached hydrogens (primary N) is 1. The molecular weight excluding hydrogens is 264 g/mol. The van der Waals surface area contributed by atoms with Gasteiger partial charge in [0.2, 0.25) is 10.0 Å². The monoisotopic (exact) mass is 284 g/mol. The molecule has 0 saturated carbocycles. The molecule has 0 saturated heterocycles. The maximum absolute atomic E-state index is 12.4. The Balaban J connectivity index is 2.24. The summed E-state index contributed by atoms with van der Waals surface area (Å²) >= 11 is 0. The van der Waals surface area contributed by atoms with Crippen LogP contribution in [0, 0.1) is 0 Å². The van der Waals surface area contributed by atoms with Gasteiger partial charge in [-0.25, -0.2) is 8.42 Å². The summed E-state index contributed by atoms with van der Waals surface area (Å²) in [6, 6.07) is 7.37. The van der Waals surface area contributed by atoms with Crippen LogP contribution in [0.25, 0.3) is 0 Å². The van der Waals surface area contributed by atoms with Gasteiger partial charge >= 0.3 is 0 Å². The molecule has 0 radical (unpaired) electrons. The Labute approximate surface area is 114 Å². The van der Waals surface area contributed by atoms with Gasteiger partial charge in [0.1, 0.15) is 0 Å². The summed E-state index contributed by atoms with van der Waals surface area (Å²) < 4.78 is 31.1. The van der Waals surface area contributed by atoms with Crippen molar-refractivity contribution in [3.63, 3.8) is 0 Å². The molecule has 0 aliphatic carbocycles. The topological polar surface area (TPSA) is 72.6 Å². The Hall–Kier alpha value is -1.11. The van der Waals surface area contributed by atoms with E-state index in [0.717, 1.165) is 11.3 Å². The van der Waals surface area contributed by atoms with Gasteiger partial charge in [-0.15, -0.1) is 0 Å². The second-order valence-electron chi connectivity index (χ2n) is 4.69. The van der Waals surface area contributed by atoms with Gasteiger partial charge in [0, 0.05) is 26.3 Å². The van der Waals surface area contributed by atoms with E-state index >= 15 is 0 Å². The van der Waals surface area contributed by atoms with Crippen LogP contribution < -0.4 is 10.0 Å². The van der Waals surface area contributed by atoms with Gasteiger partial charge in [-0.05, 0) is 24.5 Å². The van der Waals surface area contributed by atoms with Crippen molar-refractivity contribution >= 4 is 15.7 Å². The molecule has 19 heavy (non-hydrogen) atoms. The molecule has 6 heteroatoms. The lowest BCUT2D eigenvalue weighted by Gasteiger charge is -2.33. The summed E-state index contributed by atoms with van der Waals surface area (Å²) in [7, 11) is -1.72. The zero-order valence-corrected chi connectivity index (χ0v) is 11.9. The first-order chi connectivity index (χ1) is 9.06. The summed E-state index contributed by atoms with van der Waals surface area (Å²) in [4.78, 5) is 0. The van der Waals surface area contributed by atoms with Crippen molar-refractivity contribution in [1.29, 1.82) is 0 Å². The fourth-order valence-corrected chi connectivity index (χ4v) is 3.90. The number of rotatable bonds is 5. The number of benzene rings is 1. The lowest BCUT2D eigenvalue weighted by atomic mass is 9.99. The summed E-state index contributed by atoms with van der Waals surface area (Å²) in [6.45, 7) is 0.904. The second kappa shape index (κ2) is 5.90. The van der Waals surface area contributed by atoms with Gasteiger partial charge in [-0.2, -0.15) is 0 Å². The van der Waals surface area contributed by atoms with Crippen molar-refractivity contribution in [1.82, 2.24) is 0 Å². The van der Waals surface area contributed by atoms with E-state index in [2.05, 4.69) is 0 Å². The predicted molar refractivity (Wildman–Crippen MR) is 75.6 cm³/mol. The van der Waals surface area contributed by atoms with Crippen LogP contribution >= 0.6 is 0 Å². The third-order valence-electron chi connectivity index (χ3n) is 3.33. The van der Waals surface area contributed by atoms with Crippen LogP contribution in [-0.2, 0) is 14.8 Å². The minimum absolute atomic E-state index is 0.0818. The number of para-hydroxylation sites is 1. The number of ether oxygens (including phenoxy) is 1. The van der Waals surface area contributed by atoms with E-state index in [9.17, 15) is 8.42 Å². The van der Waals surface area contributed by atoms with Crippen LogP contribution in [0.15, 0.2) is 24.3 Å². The highest BCUT2D eigenvalue weighted by Gasteiger charge is 2.29. The largest absolute Gasteiger partial charge is 0.385 e. The van der Waals surface area contributed by atoms with Crippen molar-refractivity contribution in [2.24, 2.45) is 5.73 Å². The molecule has 1 aromatic rings. The highest BCUT2D eigenvalue weighted by Crippen LogP contribution is 2.33. The maximum Gasteiger partial charge on any atom is 0.235 e. The highest BCUT2D eigenvalue weighted by atomic mass is 32.2. The van der Waals surface area contributed by atoms with E-state index in [4.69, 9.17) is 10.5 Å². The molecule has 1 atom stereocenters. The summed E-state index contributed by atoms with van der Waals surface area (Å²) in [5, 5.41) is 0. The molecule has 1 aliphatic heterocycles. The quantitative estimate of drug-likeness (QED) is 0.826. The van der Waals surface area contributed by atoms with Gasteiger partial charge in [0.15, 0.2) is 0 Å². The molecule has 1 aromatic carbocycles. The normalized spacial score (nSPS) is 19.3. The van der Waals surface area contributed by atoms with Gasteiger partial charge < -0.3 is 10.5 Å². The first-order valence-electron chi connectivity index (χ1n) is 6.40. The van der Waals surface area contributed by atoms with Gasteiger partial charge in [-0.3, -0.25) is 4.31 Å². The first kappa shape index (κ1) is 14.3.